The number of nitrogens with zero attached hydrogens (tertiary/aromatic N) is 1. The predicted octanol–water partition coefficient (Wildman–Crippen LogP) is 3.47. The second-order valence-electron chi connectivity index (χ2n) is 5.49. The third-order valence-corrected chi connectivity index (χ3v) is 3.61. The lowest BCUT2D eigenvalue weighted by Gasteiger charge is -2.13. The first kappa shape index (κ1) is 17.1. The maximum atomic E-state index is 12.5. The smallest absolute Gasteiger partial charge is 0.343 e. The van der Waals surface area contributed by atoms with Crippen LogP contribution in [0.5, 0.6) is 0 Å². The molecule has 24 heavy (non-hydrogen) atoms. The van der Waals surface area contributed by atoms with Crippen LogP contribution in [0, 0.1) is 30.9 Å². The number of carbonyl (C=O) groups excluding carboxylic acids is 1. The van der Waals surface area contributed by atoms with Gasteiger partial charge in [0.15, 0.2) is 0 Å². The maximum absolute atomic E-state index is 12.5. The number of amides is 1. The average Bonchev–Trinajstić information content (AvgIpc) is 2.49. The summed E-state index contributed by atoms with van der Waals surface area (Å²) >= 11 is 0. The molecular formula is C17H16N2O5. The van der Waals surface area contributed by atoms with Gasteiger partial charge in [0.25, 0.3) is 11.6 Å². The zero-order chi connectivity index (χ0) is 18.0. The van der Waals surface area contributed by atoms with Crippen LogP contribution in [0.1, 0.15) is 37.4 Å². The molecule has 0 heterocycles. The second kappa shape index (κ2) is 6.49. The van der Waals surface area contributed by atoms with Gasteiger partial charge in [0.2, 0.25) is 0 Å². The van der Waals surface area contributed by atoms with Gasteiger partial charge in [0, 0.05) is 11.8 Å². The molecule has 0 aliphatic rings. The summed E-state index contributed by atoms with van der Waals surface area (Å²) in [5.74, 6) is -2.23. The lowest BCUT2D eigenvalue weighted by Crippen LogP contribution is -2.19. The highest BCUT2D eigenvalue weighted by molar-refractivity contribution is 6.12. The van der Waals surface area contributed by atoms with Gasteiger partial charge in [-0.2, -0.15) is 0 Å². The third kappa shape index (κ3) is 3.24. The van der Waals surface area contributed by atoms with E-state index in [-0.39, 0.29) is 5.56 Å². The van der Waals surface area contributed by atoms with Crippen molar-refractivity contribution in [3.05, 3.63) is 68.3 Å². The first-order valence-corrected chi connectivity index (χ1v) is 7.12. The number of carboxylic acids is 1. The number of aryl methyl sites for hydroxylation is 3. The molecule has 0 saturated carbocycles. The number of hydrogen-bond acceptors (Lipinski definition) is 4. The normalized spacial score (nSPS) is 10.3. The monoisotopic (exact) mass is 328 g/mol. The molecule has 124 valence electrons. The molecule has 0 radical (unpaired) electrons. The van der Waals surface area contributed by atoms with Gasteiger partial charge in [-0.05, 0) is 38.0 Å². The average molecular weight is 328 g/mol. The van der Waals surface area contributed by atoms with Gasteiger partial charge < -0.3 is 10.4 Å². The number of hydrogen-bond donors (Lipinski definition) is 2. The van der Waals surface area contributed by atoms with Crippen molar-refractivity contribution in [2.45, 2.75) is 20.8 Å². The summed E-state index contributed by atoms with van der Waals surface area (Å²) in [6, 6.07) is 7.37. The summed E-state index contributed by atoms with van der Waals surface area (Å²) in [6.07, 6.45) is 0. The van der Waals surface area contributed by atoms with Gasteiger partial charge in [-0.1, -0.05) is 23.8 Å². The van der Waals surface area contributed by atoms with Gasteiger partial charge in [-0.25, -0.2) is 4.79 Å². The van der Waals surface area contributed by atoms with Crippen LogP contribution in [0.2, 0.25) is 0 Å². The molecule has 0 spiro atoms. The van der Waals surface area contributed by atoms with Crippen molar-refractivity contribution in [3.63, 3.8) is 0 Å². The van der Waals surface area contributed by atoms with E-state index in [9.17, 15) is 24.8 Å². The number of carbonyl (C=O) groups is 2. The Hall–Kier alpha value is -3.22. The van der Waals surface area contributed by atoms with Crippen molar-refractivity contribution in [2.75, 3.05) is 5.32 Å². The van der Waals surface area contributed by atoms with Crippen LogP contribution in [0.3, 0.4) is 0 Å². The number of anilines is 1. The molecule has 0 aliphatic carbocycles. The molecule has 2 rings (SSSR count). The Kier molecular flexibility index (Phi) is 4.64. The highest BCUT2D eigenvalue weighted by atomic mass is 16.6. The van der Waals surface area contributed by atoms with Crippen LogP contribution >= 0.6 is 0 Å². The molecule has 2 N–H and O–H groups in total. The summed E-state index contributed by atoms with van der Waals surface area (Å²) in [5.41, 5.74) is 1.75. The number of nitro benzene ring substituents is 1. The van der Waals surface area contributed by atoms with Crippen molar-refractivity contribution in [2.24, 2.45) is 0 Å². The number of nitro groups is 1. The molecule has 2 aromatic rings. The number of nitrogens with one attached hydrogen (secondary N) is 1. The van der Waals surface area contributed by atoms with Crippen LogP contribution in [0.4, 0.5) is 11.4 Å². The zero-order valence-electron chi connectivity index (χ0n) is 13.4. The van der Waals surface area contributed by atoms with Gasteiger partial charge in [0.1, 0.15) is 5.56 Å². The Balaban J connectivity index is 2.50. The molecule has 0 atom stereocenters. The largest absolute Gasteiger partial charge is 0.477 e. The van der Waals surface area contributed by atoms with E-state index >= 15 is 0 Å². The van der Waals surface area contributed by atoms with Crippen LogP contribution < -0.4 is 5.32 Å². The Morgan fingerprint density at radius 3 is 2.21 bits per heavy atom. The van der Waals surface area contributed by atoms with E-state index in [1.807, 2.05) is 32.9 Å². The topological polar surface area (TPSA) is 110 Å². The minimum Gasteiger partial charge on any atom is -0.477 e. The van der Waals surface area contributed by atoms with Crippen LogP contribution in [-0.4, -0.2) is 21.9 Å². The lowest BCUT2D eigenvalue weighted by molar-refractivity contribution is -0.385. The number of benzene rings is 2. The lowest BCUT2D eigenvalue weighted by atomic mass is 10.0. The number of rotatable bonds is 4. The fourth-order valence-electron chi connectivity index (χ4n) is 2.66. The van der Waals surface area contributed by atoms with Gasteiger partial charge in [-0.15, -0.1) is 0 Å². The Bertz CT molecular complexity index is 835. The molecule has 7 heteroatoms. The molecule has 7 nitrogen and oxygen atoms in total. The van der Waals surface area contributed by atoms with E-state index in [4.69, 9.17) is 0 Å². The fourth-order valence-corrected chi connectivity index (χ4v) is 2.66. The molecule has 0 saturated heterocycles. The molecule has 0 unspecified atom stereocenters. The molecule has 2 aromatic carbocycles. The van der Waals surface area contributed by atoms with E-state index < -0.39 is 28.1 Å². The third-order valence-electron chi connectivity index (χ3n) is 3.61. The summed E-state index contributed by atoms with van der Waals surface area (Å²) in [7, 11) is 0. The molecule has 1 amide bonds. The van der Waals surface area contributed by atoms with Crippen molar-refractivity contribution in [3.8, 4) is 0 Å². The Morgan fingerprint density at radius 2 is 1.71 bits per heavy atom. The van der Waals surface area contributed by atoms with Crippen LogP contribution in [0.15, 0.2) is 30.3 Å². The quantitative estimate of drug-likeness (QED) is 0.659. The fraction of sp³-hybridized carbons (Fsp3) is 0.176. The molecule has 0 aliphatic heterocycles. The van der Waals surface area contributed by atoms with Crippen molar-refractivity contribution >= 4 is 23.3 Å². The molecule has 0 fully saturated rings. The van der Waals surface area contributed by atoms with Crippen LogP contribution in [0.25, 0.3) is 0 Å². The minimum atomic E-state index is -1.52. The van der Waals surface area contributed by atoms with E-state index in [1.54, 1.807) is 0 Å². The van der Waals surface area contributed by atoms with E-state index in [0.29, 0.717) is 5.69 Å². The summed E-state index contributed by atoms with van der Waals surface area (Å²) < 4.78 is 0. The Morgan fingerprint density at radius 1 is 1.12 bits per heavy atom. The van der Waals surface area contributed by atoms with Gasteiger partial charge in [-0.3, -0.25) is 14.9 Å². The highest BCUT2D eigenvalue weighted by Gasteiger charge is 2.27. The standard InChI is InChI=1S/C17H16N2O5/c1-9-7-10(2)15(11(3)8-9)18-16(20)12-5-4-6-13(19(23)24)14(12)17(21)22/h4-8H,1-3H3,(H,18,20)(H,21,22). The molecule has 0 aromatic heterocycles. The van der Waals surface area contributed by atoms with Crippen molar-refractivity contribution in [1.29, 1.82) is 0 Å². The molecule has 0 bridgehead atoms. The number of aromatic carboxylic acids is 1. The highest BCUT2D eigenvalue weighted by Crippen LogP contribution is 2.26. The minimum absolute atomic E-state index is 0.254. The first-order valence-electron chi connectivity index (χ1n) is 7.12. The van der Waals surface area contributed by atoms with Gasteiger partial charge in [0.05, 0.1) is 10.5 Å². The first-order chi connectivity index (χ1) is 11.2. The van der Waals surface area contributed by atoms with Crippen molar-refractivity contribution in [1.82, 2.24) is 0 Å². The number of carboxylic acid groups (broad SMARTS) is 1. The van der Waals surface area contributed by atoms with Crippen molar-refractivity contribution < 1.29 is 19.6 Å². The van der Waals surface area contributed by atoms with E-state index in [2.05, 4.69) is 5.32 Å². The predicted molar refractivity (Wildman–Crippen MR) is 88.7 cm³/mol. The summed E-state index contributed by atoms with van der Waals surface area (Å²) in [5, 5.41) is 22.9. The van der Waals surface area contributed by atoms with E-state index in [1.165, 1.54) is 12.1 Å². The Labute approximate surface area is 138 Å². The summed E-state index contributed by atoms with van der Waals surface area (Å²) in [6.45, 7) is 5.57. The van der Waals surface area contributed by atoms with E-state index in [0.717, 1.165) is 22.8 Å². The molecular weight excluding hydrogens is 312 g/mol. The maximum Gasteiger partial charge on any atom is 0.343 e. The zero-order valence-corrected chi connectivity index (χ0v) is 13.4. The van der Waals surface area contributed by atoms with Gasteiger partial charge >= 0.3 is 5.97 Å². The van der Waals surface area contributed by atoms with Crippen LogP contribution in [-0.2, 0) is 0 Å². The second-order valence-corrected chi connectivity index (χ2v) is 5.49. The SMILES string of the molecule is Cc1cc(C)c(NC(=O)c2cccc([N+](=O)[O-])c2C(=O)O)c(C)c1. The summed E-state index contributed by atoms with van der Waals surface area (Å²) in [4.78, 5) is 34.1.